The number of hydrogen-bond acceptors (Lipinski definition) is 14. The lowest BCUT2D eigenvalue weighted by Gasteiger charge is -2.46. The molecular weight excluding hydrogens is 909 g/mol. The van der Waals surface area contributed by atoms with Crippen LogP contribution in [0.3, 0.4) is 0 Å². The Labute approximate surface area is 411 Å². The largest absolute Gasteiger partial charge is 0.491 e. The maximum Gasteiger partial charge on any atom is 0.421 e. The number of morpholine rings is 1. The third-order valence-corrected chi connectivity index (χ3v) is 14.0. The first-order valence-corrected chi connectivity index (χ1v) is 23.8. The van der Waals surface area contributed by atoms with Crippen molar-refractivity contribution in [2.45, 2.75) is 42.6 Å². The van der Waals surface area contributed by atoms with Crippen molar-refractivity contribution in [1.29, 1.82) is 0 Å². The molecule has 0 unspecified atom stereocenters. The number of esters is 1. The molecule has 0 bridgehead atoms. The van der Waals surface area contributed by atoms with Crippen LogP contribution in [0.1, 0.15) is 58.0 Å². The van der Waals surface area contributed by atoms with Crippen LogP contribution in [-0.2, 0) is 40.6 Å². The molecule has 5 aromatic carbocycles. The topological polar surface area (TPSA) is 177 Å². The van der Waals surface area contributed by atoms with E-state index in [0.717, 1.165) is 16.0 Å². The standard InChI is InChI=1S/C55H54N4O12/c1-66-29-30-68-54(65)58-43-20-18-36(11-8-9-26-60)31-42(43)55(53(58)64)46(51(62)57-24-22-56(23-25-57)34-37-19-21-44-45(32-37)70-35-69-44)48-52(63)71-49(39-14-6-3-7-15-39)47(38-12-4-2-5-13-38)59(48)50(55)40-16-10-17-41(33-40)67-28-27-61/h2-7,10,12-21,31-33,46-50,60-61H,9,22-30,34-35H2,1H3/t46-,47-,48-,49+,50+,55-/m1/s1. The molecule has 2 N–H and O–H groups in total. The summed E-state index contributed by atoms with van der Waals surface area (Å²) in [6, 6.07) is 33.5. The fourth-order valence-corrected chi connectivity index (χ4v) is 11.0. The molecule has 6 atom stereocenters. The molecule has 366 valence electrons. The number of carbonyl (C=O) groups is 4. The van der Waals surface area contributed by atoms with Crippen molar-refractivity contribution in [3.8, 4) is 29.1 Å². The summed E-state index contributed by atoms with van der Waals surface area (Å²) in [6.45, 7) is 1.63. The zero-order valence-corrected chi connectivity index (χ0v) is 39.2. The molecular formula is C55H54N4O12. The monoisotopic (exact) mass is 962 g/mol. The Balaban J connectivity index is 1.18. The zero-order valence-electron chi connectivity index (χ0n) is 39.2. The van der Waals surface area contributed by atoms with E-state index in [4.69, 9.17) is 28.4 Å². The van der Waals surface area contributed by atoms with E-state index in [1.165, 1.54) is 7.11 Å². The van der Waals surface area contributed by atoms with Crippen molar-refractivity contribution < 1.29 is 57.8 Å². The molecule has 5 heterocycles. The van der Waals surface area contributed by atoms with Crippen LogP contribution in [0.4, 0.5) is 10.5 Å². The van der Waals surface area contributed by atoms with Gasteiger partial charge in [0, 0.05) is 51.8 Å². The minimum atomic E-state index is -2.04. The highest BCUT2D eigenvalue weighted by Gasteiger charge is 2.76. The number of cyclic esters (lactones) is 1. The van der Waals surface area contributed by atoms with Crippen molar-refractivity contribution in [3.05, 3.63) is 155 Å². The highest BCUT2D eigenvalue weighted by molar-refractivity contribution is 6.23. The summed E-state index contributed by atoms with van der Waals surface area (Å²) in [4.78, 5) is 69.9. The third-order valence-electron chi connectivity index (χ3n) is 14.0. The summed E-state index contributed by atoms with van der Waals surface area (Å²) in [6.07, 6.45) is -1.74. The van der Waals surface area contributed by atoms with Crippen LogP contribution < -0.4 is 19.1 Å². The number of benzene rings is 5. The highest BCUT2D eigenvalue weighted by Crippen LogP contribution is 2.66. The Bertz CT molecular complexity index is 2850. The van der Waals surface area contributed by atoms with Crippen molar-refractivity contribution >= 4 is 29.6 Å². The van der Waals surface area contributed by atoms with Gasteiger partial charge in [-0.1, -0.05) is 90.7 Å². The number of nitrogens with zero attached hydrogens (tertiary/aromatic N) is 4. The zero-order chi connectivity index (χ0) is 49.1. The first kappa shape index (κ1) is 47.4. The molecule has 71 heavy (non-hydrogen) atoms. The number of fused-ring (bicyclic) bond motifs is 4. The molecule has 5 aliphatic heterocycles. The first-order chi connectivity index (χ1) is 34.8. The van der Waals surface area contributed by atoms with Gasteiger partial charge in [-0.3, -0.25) is 24.2 Å². The minimum absolute atomic E-state index is 0.0267. The van der Waals surface area contributed by atoms with Gasteiger partial charge in [-0.25, -0.2) is 9.69 Å². The second kappa shape index (κ2) is 20.6. The fourth-order valence-electron chi connectivity index (χ4n) is 11.0. The first-order valence-electron chi connectivity index (χ1n) is 23.8. The molecule has 0 aliphatic carbocycles. The van der Waals surface area contributed by atoms with Crippen LogP contribution >= 0.6 is 0 Å². The van der Waals surface area contributed by atoms with Crippen molar-refractivity contribution in [3.63, 3.8) is 0 Å². The van der Waals surface area contributed by atoms with Gasteiger partial charge in [-0.05, 0) is 70.3 Å². The molecule has 3 saturated heterocycles. The van der Waals surface area contributed by atoms with Crippen LogP contribution in [0.25, 0.3) is 0 Å². The number of piperazine rings is 1. The number of methoxy groups -OCH3 is 1. The van der Waals surface area contributed by atoms with Gasteiger partial charge in [0.05, 0.1) is 43.5 Å². The van der Waals surface area contributed by atoms with Gasteiger partial charge in [-0.2, -0.15) is 0 Å². The molecule has 0 saturated carbocycles. The van der Waals surface area contributed by atoms with E-state index in [2.05, 4.69) is 16.7 Å². The number of ether oxygens (including phenoxy) is 6. The number of rotatable bonds is 13. The highest BCUT2D eigenvalue weighted by atomic mass is 16.7. The van der Waals surface area contributed by atoms with Crippen LogP contribution in [0, 0.1) is 17.8 Å². The molecule has 5 aromatic rings. The van der Waals surface area contributed by atoms with Gasteiger partial charge in [-0.15, -0.1) is 0 Å². The fraction of sp³-hybridized carbons (Fsp3) is 0.345. The van der Waals surface area contributed by atoms with Gasteiger partial charge in [0.2, 0.25) is 18.6 Å². The van der Waals surface area contributed by atoms with E-state index in [9.17, 15) is 15.0 Å². The Morgan fingerprint density at radius 1 is 0.761 bits per heavy atom. The lowest BCUT2D eigenvalue weighted by molar-refractivity contribution is -0.179. The predicted molar refractivity (Wildman–Crippen MR) is 257 cm³/mol. The van der Waals surface area contributed by atoms with Crippen LogP contribution in [-0.4, -0.2) is 128 Å². The van der Waals surface area contributed by atoms with E-state index < -0.39 is 59.4 Å². The Kier molecular flexibility index (Phi) is 13.8. The summed E-state index contributed by atoms with van der Waals surface area (Å²) in [5.41, 5.74) is 1.83. The minimum Gasteiger partial charge on any atom is -0.491 e. The average Bonchev–Trinajstić information content (AvgIpc) is 4.08. The maximum atomic E-state index is 16.5. The second-order valence-electron chi connectivity index (χ2n) is 18.0. The predicted octanol–water partition coefficient (Wildman–Crippen LogP) is 5.31. The number of carbonyl (C=O) groups excluding carboxylic acids is 4. The van der Waals surface area contributed by atoms with Crippen LogP contribution in [0.2, 0.25) is 0 Å². The van der Waals surface area contributed by atoms with Crippen LogP contribution in [0.15, 0.2) is 121 Å². The number of imide groups is 1. The Morgan fingerprint density at radius 2 is 1.51 bits per heavy atom. The molecule has 3 fully saturated rings. The van der Waals surface area contributed by atoms with Gasteiger partial charge in [0.25, 0.3) is 0 Å². The molecule has 1 spiro atoms. The summed E-state index contributed by atoms with van der Waals surface area (Å²) in [5.74, 6) is 4.39. The maximum absolute atomic E-state index is 16.5. The molecule has 5 aliphatic rings. The molecule has 16 nitrogen and oxygen atoms in total. The number of anilines is 1. The molecule has 0 aromatic heterocycles. The molecule has 0 radical (unpaired) electrons. The molecule has 16 heteroatoms. The van der Waals surface area contributed by atoms with Crippen molar-refractivity contribution in [2.24, 2.45) is 5.92 Å². The Hall–Kier alpha value is -7.26. The SMILES string of the molecule is COCCOC(=O)N1C(=O)[C@@]2(c3cc(C#CCCO)ccc31)[C@H](c1cccc(OCCO)c1)N1[C@H](c3ccccc3)[C@H](c3ccccc3)OC(=O)[C@H]1[C@@H]2C(=O)N1CCN(Cc2ccc3c(c2)OCO3)CC1. The number of aliphatic hydroxyl groups excluding tert-OH is 2. The second-order valence-corrected chi connectivity index (χ2v) is 18.0. The summed E-state index contributed by atoms with van der Waals surface area (Å²) in [7, 11) is 1.47. The van der Waals surface area contributed by atoms with Gasteiger partial charge >= 0.3 is 12.1 Å². The van der Waals surface area contributed by atoms with Gasteiger partial charge in [0.1, 0.15) is 36.5 Å². The number of aliphatic hydroxyl groups is 2. The third kappa shape index (κ3) is 8.74. The van der Waals surface area contributed by atoms with E-state index in [-0.39, 0.29) is 65.0 Å². The molecule has 3 amide bonds. The lowest BCUT2D eigenvalue weighted by atomic mass is 9.64. The van der Waals surface area contributed by atoms with E-state index in [1.54, 1.807) is 41.3 Å². The molecule has 10 rings (SSSR count). The van der Waals surface area contributed by atoms with Crippen molar-refractivity contribution in [1.82, 2.24) is 14.7 Å². The van der Waals surface area contributed by atoms with E-state index >= 15 is 14.4 Å². The van der Waals surface area contributed by atoms with Crippen molar-refractivity contribution in [2.75, 3.05) is 78.0 Å². The lowest BCUT2D eigenvalue weighted by Crippen LogP contribution is -2.59. The normalized spacial score (nSPS) is 23.5. The van der Waals surface area contributed by atoms with E-state index in [0.29, 0.717) is 59.1 Å². The van der Waals surface area contributed by atoms with Gasteiger partial charge in [0.15, 0.2) is 11.5 Å². The number of amides is 3. The summed E-state index contributed by atoms with van der Waals surface area (Å²) < 4.78 is 34.8. The summed E-state index contributed by atoms with van der Waals surface area (Å²) >= 11 is 0. The summed E-state index contributed by atoms with van der Waals surface area (Å²) in [5, 5.41) is 19.5. The Morgan fingerprint density at radius 3 is 2.25 bits per heavy atom. The average molecular weight is 963 g/mol. The van der Waals surface area contributed by atoms with Gasteiger partial charge < -0.3 is 43.5 Å². The van der Waals surface area contributed by atoms with Crippen LogP contribution in [0.5, 0.6) is 17.2 Å². The number of hydrogen-bond donors (Lipinski definition) is 2. The smallest absolute Gasteiger partial charge is 0.421 e. The quantitative estimate of drug-likeness (QED) is 0.0882. The van der Waals surface area contributed by atoms with E-state index in [1.807, 2.05) is 89.8 Å².